The van der Waals surface area contributed by atoms with Gasteiger partial charge >= 0.3 is 12.2 Å². The maximum Gasteiger partial charge on any atom is 0.417 e. The molecule has 4 aliphatic heterocycles. The Hall–Kier alpha value is -4.32. The van der Waals surface area contributed by atoms with Gasteiger partial charge in [-0.25, -0.2) is 13.8 Å². The van der Waals surface area contributed by atoms with Gasteiger partial charge in [0.15, 0.2) is 11.4 Å². The third-order valence-electron chi connectivity index (χ3n) is 12.4. The van der Waals surface area contributed by atoms with Gasteiger partial charge in [-0.15, -0.1) is 6.42 Å². The highest BCUT2D eigenvalue weighted by Crippen LogP contribution is 2.49. The third kappa shape index (κ3) is 5.65. The summed E-state index contributed by atoms with van der Waals surface area (Å²) < 4.78 is 84.9. The van der Waals surface area contributed by atoms with Crippen LogP contribution in [0.3, 0.4) is 0 Å². The van der Waals surface area contributed by atoms with Gasteiger partial charge in [-0.2, -0.15) is 23.1 Å². The number of terminal acetylenes is 1. The van der Waals surface area contributed by atoms with E-state index in [2.05, 4.69) is 21.1 Å². The van der Waals surface area contributed by atoms with Crippen LogP contribution in [0.5, 0.6) is 11.8 Å². The van der Waals surface area contributed by atoms with Crippen molar-refractivity contribution in [2.75, 3.05) is 44.8 Å². The number of phenols is 1. The zero-order valence-electron chi connectivity index (χ0n) is 29.2. The number of pyridine rings is 1. The maximum absolute atomic E-state index is 17.2. The quantitative estimate of drug-likeness (QED) is 0.168. The number of fused-ring (bicyclic) bond motifs is 6. The lowest BCUT2D eigenvalue weighted by Gasteiger charge is -2.42. The van der Waals surface area contributed by atoms with Crippen LogP contribution in [-0.2, 0) is 11.2 Å². The van der Waals surface area contributed by atoms with Crippen LogP contribution in [0.15, 0.2) is 24.3 Å². The molecule has 4 aromatic rings. The number of benzene rings is 2. The van der Waals surface area contributed by atoms with Crippen molar-refractivity contribution in [2.24, 2.45) is 5.41 Å². The van der Waals surface area contributed by atoms with Gasteiger partial charge in [0.05, 0.1) is 23.3 Å². The number of nitrogens with zero attached hydrogens (tertiary/aromatic N) is 5. The van der Waals surface area contributed by atoms with E-state index in [9.17, 15) is 18.3 Å². The molecule has 1 aliphatic carbocycles. The number of piperidine rings is 1. The van der Waals surface area contributed by atoms with Gasteiger partial charge in [-0.05, 0) is 75.0 Å². The second kappa shape index (κ2) is 12.4. The van der Waals surface area contributed by atoms with Crippen LogP contribution in [0.1, 0.15) is 56.2 Å². The van der Waals surface area contributed by atoms with E-state index >= 15 is 8.78 Å². The Labute approximate surface area is 302 Å². The van der Waals surface area contributed by atoms with Crippen LogP contribution in [0.4, 0.5) is 27.8 Å². The molecule has 2 aromatic carbocycles. The summed E-state index contributed by atoms with van der Waals surface area (Å²) in [6, 6.07) is 6.05. The van der Waals surface area contributed by atoms with Gasteiger partial charge in [0.2, 0.25) is 0 Å². The van der Waals surface area contributed by atoms with Crippen LogP contribution in [0.2, 0.25) is 0 Å². The van der Waals surface area contributed by atoms with Crippen molar-refractivity contribution in [1.82, 2.24) is 25.2 Å². The summed E-state index contributed by atoms with van der Waals surface area (Å²) in [7, 11) is 1.12. The number of ether oxygens (including phenoxy) is 2. The monoisotopic (exact) mass is 734 g/mol. The minimum atomic E-state index is -4.44. The second-order valence-electron chi connectivity index (χ2n) is 15.5. The third-order valence-corrected chi connectivity index (χ3v) is 12.4. The summed E-state index contributed by atoms with van der Waals surface area (Å²) in [4.78, 5) is 18.8. The first-order chi connectivity index (χ1) is 25.4. The first-order valence-corrected chi connectivity index (χ1v) is 18.2. The zero-order valence-corrected chi connectivity index (χ0v) is 29.2. The van der Waals surface area contributed by atoms with Crippen molar-refractivity contribution in [3.63, 3.8) is 0 Å². The van der Waals surface area contributed by atoms with Crippen molar-refractivity contribution in [3.8, 4) is 35.4 Å². The molecule has 9 rings (SSSR count). The second-order valence-corrected chi connectivity index (χ2v) is 15.5. The molecule has 4 fully saturated rings. The smallest absolute Gasteiger partial charge is 0.417 e. The van der Waals surface area contributed by atoms with Crippen molar-refractivity contribution >= 4 is 27.5 Å². The molecule has 0 unspecified atom stereocenters. The van der Waals surface area contributed by atoms with E-state index in [-0.39, 0.29) is 95.6 Å². The highest BCUT2D eigenvalue weighted by Gasteiger charge is 2.57. The average molecular weight is 735 g/mol. The number of hydrogen-bond donors (Lipinski definition) is 2. The molecule has 53 heavy (non-hydrogen) atoms. The molecule has 14 heteroatoms. The largest absolute Gasteiger partial charge is 0.508 e. The van der Waals surface area contributed by atoms with E-state index < -0.39 is 23.4 Å². The van der Waals surface area contributed by atoms with Crippen molar-refractivity contribution < 1.29 is 36.5 Å². The van der Waals surface area contributed by atoms with Crippen LogP contribution >= 0.6 is 0 Å². The lowest BCUT2D eigenvalue weighted by atomic mass is 9.89. The Kier molecular flexibility index (Phi) is 8.03. The van der Waals surface area contributed by atoms with Crippen molar-refractivity contribution in [2.45, 2.75) is 81.3 Å². The number of aromatic hydroxyl groups is 1. The van der Waals surface area contributed by atoms with Gasteiger partial charge < -0.3 is 29.7 Å². The number of phenolic OH excluding ortho intramolecular Hbond substituents is 1. The molecule has 1 saturated carbocycles. The number of rotatable bonds is 7. The van der Waals surface area contributed by atoms with Gasteiger partial charge in [0.1, 0.15) is 28.6 Å². The number of alkyl halides is 3. The first-order valence-electron chi connectivity index (χ1n) is 18.2. The van der Waals surface area contributed by atoms with E-state index in [0.717, 1.165) is 39.2 Å². The predicted molar refractivity (Wildman–Crippen MR) is 188 cm³/mol. The molecule has 2 aromatic heterocycles. The lowest BCUT2D eigenvalue weighted by Crippen LogP contribution is -2.58. The number of halogens is 5. The number of nitrogens with one attached hydrogen (secondary N) is 1. The SMILES string of the molecule is C#Cc1c(F)ccc2cc(O)cc(-c3nc4c5c(nc(OCC6(CN7CCC(OC)(C(F)(F)F)CC7)CC6)nc5c3F)N3C[C@H]5CC[C@H](N5)[C@H]3CC4)c12. The number of aromatic nitrogens is 3. The Balaban J connectivity index is 1.10. The van der Waals surface area contributed by atoms with Crippen LogP contribution in [-0.4, -0.2) is 94.8 Å². The summed E-state index contributed by atoms with van der Waals surface area (Å²) in [5.41, 5.74) is -1.85. The number of piperazine rings is 1. The summed E-state index contributed by atoms with van der Waals surface area (Å²) in [5, 5.41) is 15.6. The molecule has 3 atom stereocenters. The molecule has 0 spiro atoms. The number of anilines is 1. The molecule has 3 saturated heterocycles. The number of likely N-dealkylation sites (tertiary alicyclic amines) is 1. The van der Waals surface area contributed by atoms with E-state index in [0.29, 0.717) is 41.8 Å². The number of aryl methyl sites for hydroxylation is 1. The molecule has 278 valence electrons. The fourth-order valence-electron chi connectivity index (χ4n) is 9.26. The Morgan fingerprint density at radius 3 is 2.55 bits per heavy atom. The minimum Gasteiger partial charge on any atom is -0.508 e. The molecular weight excluding hydrogens is 695 g/mol. The van der Waals surface area contributed by atoms with Crippen molar-refractivity contribution in [3.05, 3.63) is 47.2 Å². The zero-order chi connectivity index (χ0) is 36.9. The minimum absolute atomic E-state index is 0.00227. The Morgan fingerprint density at radius 2 is 1.83 bits per heavy atom. The summed E-state index contributed by atoms with van der Waals surface area (Å²) in [5.74, 6) is 1.37. The van der Waals surface area contributed by atoms with Gasteiger partial charge in [0, 0.05) is 67.8 Å². The molecule has 2 N–H and O–H groups in total. The van der Waals surface area contributed by atoms with Gasteiger partial charge in [0.25, 0.3) is 0 Å². The number of methoxy groups -OCH3 is 1. The highest BCUT2D eigenvalue weighted by molar-refractivity contribution is 6.03. The topological polar surface area (TPSA) is 95.9 Å². The summed E-state index contributed by atoms with van der Waals surface area (Å²) in [6.07, 6.45) is 5.95. The highest BCUT2D eigenvalue weighted by atomic mass is 19.4. The fraction of sp³-hybridized carbons (Fsp3) is 0.513. The van der Waals surface area contributed by atoms with Crippen LogP contribution in [0, 0.1) is 29.4 Å². The number of hydrogen-bond acceptors (Lipinski definition) is 9. The molecule has 2 bridgehead atoms. The standard InChI is InChI=1S/C39H39F5N6O3/c1-3-24-26(40)6-4-21-16-23(51)17-25(30(21)24)33-32(41)34-31-28(46-33)8-9-29-27-7-5-22(45-27)18-50(29)35(31)48-36(47-34)53-20-37(10-11-37)19-49-14-12-38(52-2,13-15-49)39(42,43)44/h1,4,6,16-17,22,27,29,45,51H,5,7-15,18-20H2,2H3/t22-,27+,29-/m1/s1. The van der Waals surface area contributed by atoms with Gasteiger partial charge in [-0.1, -0.05) is 12.0 Å². The van der Waals surface area contributed by atoms with E-state index in [4.69, 9.17) is 25.9 Å². The Bertz CT molecular complexity index is 2180. The molecule has 6 heterocycles. The summed E-state index contributed by atoms with van der Waals surface area (Å²) >= 11 is 0. The molecule has 0 radical (unpaired) electrons. The van der Waals surface area contributed by atoms with E-state index in [1.807, 2.05) is 4.90 Å². The Morgan fingerprint density at radius 1 is 1.04 bits per heavy atom. The fourth-order valence-corrected chi connectivity index (χ4v) is 9.26. The maximum atomic E-state index is 17.2. The normalized spacial score (nSPS) is 24.5. The lowest BCUT2D eigenvalue weighted by molar-refractivity contribution is -0.282. The van der Waals surface area contributed by atoms with Gasteiger partial charge in [-0.3, -0.25) is 0 Å². The molecule has 9 nitrogen and oxygen atoms in total. The van der Waals surface area contributed by atoms with Crippen LogP contribution < -0.4 is 15.0 Å². The summed E-state index contributed by atoms with van der Waals surface area (Å²) in [6.45, 7) is 1.94. The average Bonchev–Trinajstić information content (AvgIpc) is 3.83. The van der Waals surface area contributed by atoms with Crippen molar-refractivity contribution in [1.29, 1.82) is 0 Å². The molecule has 0 amide bonds. The van der Waals surface area contributed by atoms with E-state index in [1.54, 1.807) is 0 Å². The predicted octanol–water partition coefficient (Wildman–Crippen LogP) is 6.27. The van der Waals surface area contributed by atoms with E-state index in [1.165, 1.54) is 24.3 Å². The first kappa shape index (κ1) is 34.4. The molecule has 5 aliphatic rings. The molecular formula is C39H39F5N6O3. The van der Waals surface area contributed by atoms with Crippen LogP contribution in [0.25, 0.3) is 32.9 Å².